The molecule has 0 aromatic carbocycles. The van der Waals surface area contributed by atoms with Gasteiger partial charge in [0.1, 0.15) is 0 Å². The minimum atomic E-state index is -4.38. The zero-order chi connectivity index (χ0) is 37.0. The predicted molar refractivity (Wildman–Crippen MR) is 209 cm³/mol. The predicted octanol–water partition coefficient (Wildman–Crippen LogP) is 10.2. The summed E-state index contributed by atoms with van der Waals surface area (Å²) in [7, 11) is -4.38. The van der Waals surface area contributed by atoms with Crippen molar-refractivity contribution in [3.8, 4) is 0 Å². The SMILES string of the molecule is CCCCCCCC/C=C/C(O)C(COP(=O)(O)OCCN)NC(=O)CC(O)CCCCCCCCCCCCCCCCCCCCCC. The molecule has 0 aromatic heterocycles. The van der Waals surface area contributed by atoms with E-state index < -0.39 is 38.6 Å². The quantitative estimate of drug-likeness (QED) is 0.0238. The highest BCUT2D eigenvalue weighted by molar-refractivity contribution is 7.47. The number of hydrogen-bond donors (Lipinski definition) is 5. The van der Waals surface area contributed by atoms with Crippen LogP contribution >= 0.6 is 7.82 Å². The number of nitrogens with two attached hydrogens (primary N) is 1. The molecule has 298 valence electrons. The molecule has 0 aliphatic rings. The summed E-state index contributed by atoms with van der Waals surface area (Å²) in [5.41, 5.74) is 5.34. The average molecular weight is 733 g/mol. The molecule has 50 heavy (non-hydrogen) atoms. The van der Waals surface area contributed by atoms with Crippen molar-refractivity contribution >= 4 is 13.7 Å². The minimum Gasteiger partial charge on any atom is -0.393 e. The van der Waals surface area contributed by atoms with Crippen LogP contribution in [0.1, 0.15) is 200 Å². The summed E-state index contributed by atoms with van der Waals surface area (Å²) in [5.74, 6) is -0.446. The van der Waals surface area contributed by atoms with E-state index in [9.17, 15) is 24.5 Å². The number of hydrogen-bond acceptors (Lipinski definition) is 7. The van der Waals surface area contributed by atoms with Gasteiger partial charge in [-0.2, -0.15) is 0 Å². The molecule has 0 fully saturated rings. The van der Waals surface area contributed by atoms with Crippen molar-refractivity contribution < 1.29 is 33.5 Å². The molecule has 0 spiro atoms. The van der Waals surface area contributed by atoms with Crippen LogP contribution < -0.4 is 11.1 Å². The van der Waals surface area contributed by atoms with E-state index in [1.54, 1.807) is 6.08 Å². The number of carbonyl (C=O) groups is 1. The van der Waals surface area contributed by atoms with Gasteiger partial charge in [0, 0.05) is 6.54 Å². The van der Waals surface area contributed by atoms with Gasteiger partial charge in [-0.3, -0.25) is 13.8 Å². The monoisotopic (exact) mass is 733 g/mol. The fraction of sp³-hybridized carbons (Fsp3) is 0.925. The lowest BCUT2D eigenvalue weighted by molar-refractivity contribution is -0.124. The van der Waals surface area contributed by atoms with Crippen molar-refractivity contribution in [2.24, 2.45) is 5.73 Å². The van der Waals surface area contributed by atoms with E-state index in [2.05, 4.69) is 19.2 Å². The largest absolute Gasteiger partial charge is 0.472 e. The van der Waals surface area contributed by atoms with Crippen LogP contribution in [-0.4, -0.2) is 59.0 Å². The molecule has 0 saturated heterocycles. The van der Waals surface area contributed by atoms with Crippen molar-refractivity contribution in [1.29, 1.82) is 0 Å². The fourth-order valence-electron chi connectivity index (χ4n) is 6.23. The van der Waals surface area contributed by atoms with Crippen molar-refractivity contribution in [3.63, 3.8) is 0 Å². The first kappa shape index (κ1) is 49.2. The zero-order valence-corrected chi connectivity index (χ0v) is 33.4. The van der Waals surface area contributed by atoms with Gasteiger partial charge in [0.25, 0.3) is 0 Å². The number of allylic oxidation sites excluding steroid dienone is 1. The Kier molecular flexibility index (Phi) is 36.0. The van der Waals surface area contributed by atoms with Gasteiger partial charge in [0.15, 0.2) is 0 Å². The Hall–Kier alpha value is -0.800. The van der Waals surface area contributed by atoms with Crippen LogP contribution in [0.2, 0.25) is 0 Å². The molecule has 4 unspecified atom stereocenters. The number of phosphoric ester groups is 1. The third kappa shape index (κ3) is 34.3. The Balaban J connectivity index is 4.12. The summed E-state index contributed by atoms with van der Waals surface area (Å²) in [6, 6.07) is -0.975. The van der Waals surface area contributed by atoms with E-state index in [4.69, 9.17) is 14.8 Å². The highest BCUT2D eigenvalue weighted by atomic mass is 31.2. The summed E-state index contributed by atoms with van der Waals surface area (Å²) >= 11 is 0. The minimum absolute atomic E-state index is 0.0509. The van der Waals surface area contributed by atoms with Crippen molar-refractivity contribution in [1.82, 2.24) is 5.32 Å². The molecule has 1 amide bonds. The molecule has 0 radical (unpaired) electrons. The average Bonchev–Trinajstić information content (AvgIpc) is 3.09. The van der Waals surface area contributed by atoms with Crippen molar-refractivity contribution in [2.45, 2.75) is 218 Å². The maximum Gasteiger partial charge on any atom is 0.472 e. The molecule has 0 aliphatic heterocycles. The van der Waals surface area contributed by atoms with Gasteiger partial charge in [0.2, 0.25) is 5.91 Å². The van der Waals surface area contributed by atoms with Crippen LogP contribution in [0.25, 0.3) is 0 Å². The van der Waals surface area contributed by atoms with Crippen LogP contribution in [0, 0.1) is 0 Å². The molecule has 9 nitrogen and oxygen atoms in total. The molecule has 0 heterocycles. The lowest BCUT2D eigenvalue weighted by atomic mass is 10.0. The molecule has 4 atom stereocenters. The highest BCUT2D eigenvalue weighted by Gasteiger charge is 2.27. The lowest BCUT2D eigenvalue weighted by Gasteiger charge is -2.24. The van der Waals surface area contributed by atoms with Crippen LogP contribution in [-0.2, 0) is 18.4 Å². The number of phosphoric acid groups is 1. The first-order valence-electron chi connectivity index (χ1n) is 20.9. The summed E-state index contributed by atoms with van der Waals surface area (Å²) in [4.78, 5) is 22.6. The third-order valence-corrected chi connectivity index (χ3v) is 10.4. The maximum atomic E-state index is 12.7. The zero-order valence-electron chi connectivity index (χ0n) is 32.5. The number of rotatable bonds is 39. The molecular weight excluding hydrogens is 651 g/mol. The molecule has 0 bridgehead atoms. The second-order valence-corrected chi connectivity index (χ2v) is 15.9. The number of aliphatic hydroxyl groups is 2. The molecule has 0 aliphatic carbocycles. The second-order valence-electron chi connectivity index (χ2n) is 14.4. The number of carbonyl (C=O) groups excluding carboxylic acids is 1. The molecule has 0 aromatic rings. The van der Waals surface area contributed by atoms with Gasteiger partial charge < -0.3 is 26.2 Å². The normalized spacial score (nSPS) is 14.9. The Labute approximate surface area is 307 Å². The third-order valence-electron chi connectivity index (χ3n) is 9.42. The van der Waals surface area contributed by atoms with E-state index >= 15 is 0 Å². The van der Waals surface area contributed by atoms with Gasteiger partial charge in [-0.1, -0.05) is 187 Å². The highest BCUT2D eigenvalue weighted by Crippen LogP contribution is 2.43. The smallest absolute Gasteiger partial charge is 0.393 e. The summed E-state index contributed by atoms with van der Waals surface area (Å²) < 4.78 is 21.9. The molecule has 0 saturated carbocycles. The van der Waals surface area contributed by atoms with Crippen LogP contribution in [0.3, 0.4) is 0 Å². The Morgan fingerprint density at radius 1 is 0.680 bits per heavy atom. The second kappa shape index (κ2) is 36.6. The molecule has 0 rings (SSSR count). The molecule has 6 N–H and O–H groups in total. The Morgan fingerprint density at radius 3 is 1.54 bits per heavy atom. The van der Waals surface area contributed by atoms with Gasteiger partial charge in [0.05, 0.1) is 37.9 Å². The van der Waals surface area contributed by atoms with Crippen LogP contribution in [0.15, 0.2) is 12.2 Å². The number of aliphatic hydroxyl groups excluding tert-OH is 2. The first-order chi connectivity index (χ1) is 24.3. The van der Waals surface area contributed by atoms with Crippen molar-refractivity contribution in [3.05, 3.63) is 12.2 Å². The number of amides is 1. The fourth-order valence-corrected chi connectivity index (χ4v) is 6.99. The maximum absolute atomic E-state index is 12.7. The first-order valence-corrected chi connectivity index (χ1v) is 22.4. The van der Waals surface area contributed by atoms with E-state index in [-0.39, 0.29) is 19.6 Å². The Morgan fingerprint density at radius 2 is 1.10 bits per heavy atom. The topological polar surface area (TPSA) is 151 Å². The van der Waals surface area contributed by atoms with Crippen LogP contribution in [0.4, 0.5) is 0 Å². The summed E-state index contributed by atoms with van der Waals surface area (Å²) in [6.07, 6.45) is 36.1. The van der Waals surface area contributed by atoms with E-state index in [0.29, 0.717) is 6.42 Å². The molecule has 10 heteroatoms. The summed E-state index contributed by atoms with van der Waals surface area (Å²) in [6.45, 7) is 3.93. The standard InChI is InChI=1S/C40H81N2O7P/c1-3-5-7-9-11-13-14-15-16-17-18-19-20-21-22-23-24-25-27-29-31-37(43)35-40(45)42-38(36-49-50(46,47)48-34-33-41)39(44)32-30-28-26-12-10-8-6-4-2/h30,32,37-39,43-44H,3-29,31,33-36,41H2,1-2H3,(H,42,45)(H,46,47)/b32-30+. The van der Waals surface area contributed by atoms with Gasteiger partial charge >= 0.3 is 7.82 Å². The van der Waals surface area contributed by atoms with Gasteiger partial charge in [-0.15, -0.1) is 0 Å². The van der Waals surface area contributed by atoms with Gasteiger partial charge in [-0.25, -0.2) is 4.57 Å². The Bertz CT molecular complexity index is 817. The van der Waals surface area contributed by atoms with Crippen LogP contribution in [0.5, 0.6) is 0 Å². The van der Waals surface area contributed by atoms with Crippen molar-refractivity contribution in [2.75, 3.05) is 19.8 Å². The van der Waals surface area contributed by atoms with E-state index in [1.807, 2.05) is 6.08 Å². The number of unbranched alkanes of at least 4 members (excludes halogenated alkanes) is 25. The lowest BCUT2D eigenvalue weighted by Crippen LogP contribution is -2.46. The number of nitrogens with one attached hydrogen (secondary N) is 1. The molecular formula is C40H81N2O7P. The van der Waals surface area contributed by atoms with E-state index in [1.165, 1.54) is 135 Å². The van der Waals surface area contributed by atoms with Gasteiger partial charge in [-0.05, 0) is 19.3 Å². The summed E-state index contributed by atoms with van der Waals surface area (Å²) in [5, 5.41) is 23.9. The van der Waals surface area contributed by atoms with E-state index in [0.717, 1.165) is 38.5 Å².